The fourth-order valence-electron chi connectivity index (χ4n) is 3.37. The lowest BCUT2D eigenvalue weighted by Crippen LogP contribution is -2.27. The fourth-order valence-corrected chi connectivity index (χ4v) is 4.49. The SMILES string of the molecule is Cc1c(NC(=O)CNc2cccc(C(F)(F)F)c2S(C)(=O)=O)c(=O)n(-c2ccccc2)n1C. The molecule has 1 heterocycles. The second kappa shape index (κ2) is 8.77. The molecule has 0 saturated heterocycles. The molecule has 0 aliphatic heterocycles. The van der Waals surface area contributed by atoms with Crippen LogP contribution in [0.2, 0.25) is 0 Å². The average molecular weight is 482 g/mol. The Morgan fingerprint density at radius 1 is 1.06 bits per heavy atom. The predicted molar refractivity (Wildman–Crippen MR) is 117 cm³/mol. The number of benzene rings is 2. The molecule has 1 aromatic heterocycles. The second-order valence-electron chi connectivity index (χ2n) is 7.29. The Balaban J connectivity index is 1.87. The van der Waals surface area contributed by atoms with Gasteiger partial charge in [0.2, 0.25) is 5.91 Å². The Morgan fingerprint density at radius 3 is 2.27 bits per heavy atom. The normalized spacial score (nSPS) is 11.9. The van der Waals surface area contributed by atoms with Crippen molar-refractivity contribution in [3.05, 3.63) is 70.1 Å². The molecular weight excluding hydrogens is 461 g/mol. The van der Waals surface area contributed by atoms with Gasteiger partial charge in [0, 0.05) is 13.3 Å². The van der Waals surface area contributed by atoms with Crippen LogP contribution in [0.15, 0.2) is 58.2 Å². The number of carbonyl (C=O) groups is 1. The van der Waals surface area contributed by atoms with Gasteiger partial charge in [0.1, 0.15) is 10.6 Å². The predicted octanol–water partition coefficient (Wildman–Crippen LogP) is 2.96. The van der Waals surface area contributed by atoms with E-state index < -0.39 is 44.5 Å². The van der Waals surface area contributed by atoms with Crippen LogP contribution in [0.4, 0.5) is 24.5 Å². The molecule has 33 heavy (non-hydrogen) atoms. The number of halogens is 3. The third-order valence-electron chi connectivity index (χ3n) is 4.95. The van der Waals surface area contributed by atoms with Crippen LogP contribution in [-0.2, 0) is 27.9 Å². The van der Waals surface area contributed by atoms with Crippen LogP contribution in [0.25, 0.3) is 5.69 Å². The van der Waals surface area contributed by atoms with Gasteiger partial charge in [-0.05, 0) is 31.2 Å². The standard InChI is InChI=1S/C21H21F3N4O4S/c1-13-18(20(30)28(27(13)2)14-8-5-4-6-9-14)26-17(29)12-25-16-11-7-10-15(21(22,23)24)19(16)33(3,31)32/h4-11,25H,12H2,1-3H3,(H,26,29). The third-order valence-corrected chi connectivity index (χ3v) is 6.13. The molecule has 0 saturated carbocycles. The molecule has 2 N–H and O–H groups in total. The number of hydrogen-bond donors (Lipinski definition) is 2. The first kappa shape index (κ1) is 24.1. The summed E-state index contributed by atoms with van der Waals surface area (Å²) in [6.45, 7) is 1.06. The lowest BCUT2D eigenvalue weighted by molar-refractivity contribution is -0.139. The highest BCUT2D eigenvalue weighted by Gasteiger charge is 2.37. The van der Waals surface area contributed by atoms with Crippen molar-refractivity contribution in [1.29, 1.82) is 0 Å². The highest BCUT2D eigenvalue weighted by atomic mass is 32.2. The molecule has 0 spiro atoms. The Hall–Kier alpha value is -3.54. The number of carbonyl (C=O) groups excluding carboxylic acids is 1. The number of rotatable bonds is 6. The number of alkyl halides is 3. The summed E-state index contributed by atoms with van der Waals surface area (Å²) in [5.41, 5.74) is -1.17. The van der Waals surface area contributed by atoms with Crippen LogP contribution in [0.3, 0.4) is 0 Å². The van der Waals surface area contributed by atoms with Gasteiger partial charge in [0.25, 0.3) is 5.56 Å². The Morgan fingerprint density at radius 2 is 1.70 bits per heavy atom. The maximum atomic E-state index is 13.3. The number of anilines is 2. The highest BCUT2D eigenvalue weighted by molar-refractivity contribution is 7.91. The minimum absolute atomic E-state index is 0.000492. The van der Waals surface area contributed by atoms with Crippen molar-refractivity contribution in [2.75, 3.05) is 23.4 Å². The first-order chi connectivity index (χ1) is 15.3. The quantitative estimate of drug-likeness (QED) is 0.563. The van der Waals surface area contributed by atoms with E-state index in [1.165, 1.54) is 4.68 Å². The summed E-state index contributed by atoms with van der Waals surface area (Å²) in [6.07, 6.45) is -4.25. The van der Waals surface area contributed by atoms with Gasteiger partial charge in [0.15, 0.2) is 9.84 Å². The minimum atomic E-state index is -4.90. The highest BCUT2D eigenvalue weighted by Crippen LogP contribution is 2.37. The van der Waals surface area contributed by atoms with Crippen molar-refractivity contribution < 1.29 is 26.4 Å². The Labute approximate surface area is 187 Å². The van der Waals surface area contributed by atoms with Gasteiger partial charge in [-0.1, -0.05) is 24.3 Å². The van der Waals surface area contributed by atoms with E-state index in [4.69, 9.17) is 0 Å². The number of aromatic nitrogens is 2. The van der Waals surface area contributed by atoms with E-state index in [1.807, 2.05) is 0 Å². The molecule has 176 valence electrons. The number of sulfone groups is 1. The zero-order chi connectivity index (χ0) is 24.6. The van der Waals surface area contributed by atoms with Gasteiger partial charge < -0.3 is 10.6 Å². The third kappa shape index (κ3) is 4.95. The topological polar surface area (TPSA) is 102 Å². The van der Waals surface area contributed by atoms with Crippen LogP contribution in [0.5, 0.6) is 0 Å². The van der Waals surface area contributed by atoms with Crippen molar-refractivity contribution in [1.82, 2.24) is 9.36 Å². The smallest absolute Gasteiger partial charge is 0.375 e. The summed E-state index contributed by atoms with van der Waals surface area (Å²) in [4.78, 5) is 24.4. The molecule has 2 aromatic carbocycles. The summed E-state index contributed by atoms with van der Waals surface area (Å²) in [5.74, 6) is -0.738. The van der Waals surface area contributed by atoms with E-state index in [0.717, 1.165) is 12.1 Å². The monoisotopic (exact) mass is 482 g/mol. The number of nitrogens with zero attached hydrogens (tertiary/aromatic N) is 2. The summed E-state index contributed by atoms with van der Waals surface area (Å²) in [7, 11) is -2.63. The minimum Gasteiger partial charge on any atom is -0.375 e. The zero-order valence-corrected chi connectivity index (χ0v) is 18.7. The summed E-state index contributed by atoms with van der Waals surface area (Å²) < 4.78 is 66.9. The number of nitrogens with one attached hydrogen (secondary N) is 2. The summed E-state index contributed by atoms with van der Waals surface area (Å²) in [6, 6.07) is 11.6. The molecule has 0 atom stereocenters. The van der Waals surface area contributed by atoms with E-state index in [9.17, 15) is 31.2 Å². The molecule has 0 aliphatic rings. The van der Waals surface area contributed by atoms with E-state index in [0.29, 0.717) is 23.7 Å². The summed E-state index contributed by atoms with van der Waals surface area (Å²) >= 11 is 0. The van der Waals surface area contributed by atoms with Gasteiger partial charge in [-0.15, -0.1) is 0 Å². The molecule has 0 fully saturated rings. The largest absolute Gasteiger partial charge is 0.417 e. The van der Waals surface area contributed by atoms with E-state index in [1.54, 1.807) is 49.0 Å². The van der Waals surface area contributed by atoms with Crippen molar-refractivity contribution in [2.45, 2.75) is 18.0 Å². The van der Waals surface area contributed by atoms with Crippen LogP contribution >= 0.6 is 0 Å². The van der Waals surface area contributed by atoms with Gasteiger partial charge in [-0.2, -0.15) is 13.2 Å². The number of para-hydroxylation sites is 1. The van der Waals surface area contributed by atoms with Crippen molar-refractivity contribution in [3.63, 3.8) is 0 Å². The zero-order valence-electron chi connectivity index (χ0n) is 17.9. The second-order valence-corrected chi connectivity index (χ2v) is 9.24. The molecule has 1 amide bonds. The lowest BCUT2D eigenvalue weighted by Gasteiger charge is -2.16. The lowest BCUT2D eigenvalue weighted by atomic mass is 10.2. The van der Waals surface area contributed by atoms with Crippen molar-refractivity contribution >= 4 is 27.1 Å². The number of hydrogen-bond acceptors (Lipinski definition) is 5. The molecular formula is C21H21F3N4O4S. The first-order valence-electron chi connectivity index (χ1n) is 9.60. The molecule has 3 aromatic rings. The van der Waals surface area contributed by atoms with E-state index >= 15 is 0 Å². The number of amides is 1. The molecule has 0 aliphatic carbocycles. The molecule has 0 bridgehead atoms. The molecule has 8 nitrogen and oxygen atoms in total. The maximum Gasteiger partial charge on any atom is 0.417 e. The summed E-state index contributed by atoms with van der Waals surface area (Å²) in [5, 5.41) is 4.89. The van der Waals surface area contributed by atoms with Crippen LogP contribution < -0.4 is 16.2 Å². The van der Waals surface area contributed by atoms with Crippen LogP contribution in [0, 0.1) is 6.92 Å². The first-order valence-corrected chi connectivity index (χ1v) is 11.5. The maximum absolute atomic E-state index is 13.3. The van der Waals surface area contributed by atoms with Crippen molar-refractivity contribution in [2.24, 2.45) is 7.05 Å². The Bertz CT molecular complexity index is 1360. The molecule has 3 rings (SSSR count). The van der Waals surface area contributed by atoms with Gasteiger partial charge >= 0.3 is 6.18 Å². The fraction of sp³-hybridized carbons (Fsp3) is 0.238. The van der Waals surface area contributed by atoms with Gasteiger partial charge in [0.05, 0.1) is 29.2 Å². The van der Waals surface area contributed by atoms with E-state index in [-0.39, 0.29) is 11.4 Å². The Kier molecular flexibility index (Phi) is 6.41. The van der Waals surface area contributed by atoms with Gasteiger partial charge in [-0.3, -0.25) is 14.3 Å². The van der Waals surface area contributed by atoms with Crippen LogP contribution in [-0.4, -0.2) is 36.5 Å². The van der Waals surface area contributed by atoms with Crippen molar-refractivity contribution in [3.8, 4) is 5.69 Å². The molecule has 12 heteroatoms. The van der Waals surface area contributed by atoms with Gasteiger partial charge in [-0.25, -0.2) is 13.1 Å². The molecule has 0 unspecified atom stereocenters. The van der Waals surface area contributed by atoms with E-state index in [2.05, 4.69) is 10.6 Å². The van der Waals surface area contributed by atoms with Crippen LogP contribution in [0.1, 0.15) is 11.3 Å². The average Bonchev–Trinajstić information content (AvgIpc) is 2.94. The molecule has 0 radical (unpaired) electrons.